The Hall–Kier alpha value is -4.06. The lowest BCUT2D eigenvalue weighted by Crippen LogP contribution is -2.24. The van der Waals surface area contributed by atoms with Gasteiger partial charge in [-0.05, 0) is 59.4 Å². The Morgan fingerprint density at radius 1 is 1.14 bits per heavy atom. The van der Waals surface area contributed by atoms with Crippen molar-refractivity contribution in [2.24, 2.45) is 0 Å². The molecular weight excluding hydrogens is 460 g/mol. The second kappa shape index (κ2) is 7.47. The number of rotatable bonds is 2. The van der Waals surface area contributed by atoms with Crippen molar-refractivity contribution >= 4 is 11.4 Å². The summed E-state index contributed by atoms with van der Waals surface area (Å²) in [5, 5.41) is 13.9. The van der Waals surface area contributed by atoms with Gasteiger partial charge in [0.2, 0.25) is 5.78 Å². The van der Waals surface area contributed by atoms with Crippen molar-refractivity contribution < 1.29 is 22.4 Å². The Labute approximate surface area is 196 Å². The van der Waals surface area contributed by atoms with Crippen molar-refractivity contribution in [3.05, 3.63) is 88.0 Å². The maximum absolute atomic E-state index is 14.8. The molecule has 0 saturated heterocycles. The fourth-order valence-corrected chi connectivity index (χ4v) is 5.46. The number of nitrogens with zero attached hydrogens (tertiary/aromatic N) is 4. The molecule has 35 heavy (non-hydrogen) atoms. The van der Waals surface area contributed by atoms with Gasteiger partial charge in [-0.3, -0.25) is 4.79 Å². The summed E-state index contributed by atoms with van der Waals surface area (Å²) in [7, 11) is 0. The zero-order chi connectivity index (χ0) is 24.5. The number of nitriles is 1. The van der Waals surface area contributed by atoms with Gasteiger partial charge in [0.05, 0.1) is 23.5 Å². The number of carbonyl (C=O) groups is 1. The first-order chi connectivity index (χ1) is 16.8. The summed E-state index contributed by atoms with van der Waals surface area (Å²) in [5.41, 5.74) is 1.93. The third-order valence-corrected chi connectivity index (χ3v) is 6.93. The second-order valence-corrected chi connectivity index (χ2v) is 8.87. The van der Waals surface area contributed by atoms with Crippen LogP contribution in [0.1, 0.15) is 63.1 Å². The number of fused-ring (bicyclic) bond motifs is 3. The lowest BCUT2D eigenvalue weighted by Gasteiger charge is -2.30. The van der Waals surface area contributed by atoms with Crippen LogP contribution < -0.4 is 0 Å². The van der Waals surface area contributed by atoms with Crippen LogP contribution in [0, 0.1) is 17.1 Å². The summed E-state index contributed by atoms with van der Waals surface area (Å²) in [6.07, 6.45) is 1.01. The van der Waals surface area contributed by atoms with E-state index in [1.54, 1.807) is 24.3 Å². The van der Waals surface area contributed by atoms with E-state index in [2.05, 4.69) is 10.1 Å². The van der Waals surface area contributed by atoms with Gasteiger partial charge in [0.25, 0.3) is 0 Å². The molecule has 0 amide bonds. The largest absolute Gasteiger partial charge is 0.313 e. The maximum atomic E-state index is 14.8. The van der Waals surface area contributed by atoms with Crippen LogP contribution in [-0.2, 0) is 6.42 Å². The van der Waals surface area contributed by atoms with E-state index >= 15 is 0 Å². The summed E-state index contributed by atoms with van der Waals surface area (Å²) < 4.78 is 59.9. The number of halogens is 4. The summed E-state index contributed by atoms with van der Waals surface area (Å²) in [6.45, 7) is 0. The highest BCUT2D eigenvalue weighted by atomic mass is 19.3. The molecule has 0 radical (unpaired) electrons. The van der Waals surface area contributed by atoms with Crippen molar-refractivity contribution in [1.29, 1.82) is 5.26 Å². The highest BCUT2D eigenvalue weighted by molar-refractivity contribution is 6.11. The molecule has 0 spiro atoms. The maximum Gasteiger partial charge on any atom is 0.313 e. The highest BCUT2D eigenvalue weighted by Crippen LogP contribution is 2.49. The van der Waals surface area contributed by atoms with Gasteiger partial charge in [-0.2, -0.15) is 19.1 Å². The molecule has 0 fully saturated rings. The third kappa shape index (κ3) is 3.09. The van der Waals surface area contributed by atoms with Gasteiger partial charge in [0.15, 0.2) is 5.65 Å². The van der Waals surface area contributed by atoms with E-state index in [-0.39, 0.29) is 40.7 Å². The molecule has 9 heteroatoms. The van der Waals surface area contributed by atoms with Crippen molar-refractivity contribution in [2.75, 3.05) is 0 Å². The molecule has 0 unspecified atom stereocenters. The van der Waals surface area contributed by atoms with E-state index in [1.165, 1.54) is 16.9 Å². The number of alkyl halides is 3. The first-order valence-electron chi connectivity index (χ1n) is 11.0. The highest BCUT2D eigenvalue weighted by Gasteiger charge is 2.50. The fourth-order valence-electron chi connectivity index (χ4n) is 5.46. The number of benzene rings is 2. The van der Waals surface area contributed by atoms with Crippen molar-refractivity contribution in [3.8, 4) is 17.3 Å². The molecule has 2 aromatic carbocycles. The Balaban J connectivity index is 1.60. The van der Waals surface area contributed by atoms with E-state index in [0.717, 1.165) is 12.1 Å². The molecule has 2 atom stereocenters. The van der Waals surface area contributed by atoms with E-state index in [0.29, 0.717) is 22.5 Å². The Bertz CT molecular complexity index is 1590. The van der Waals surface area contributed by atoms with Crippen LogP contribution in [0.25, 0.3) is 16.9 Å². The van der Waals surface area contributed by atoms with Gasteiger partial charge in [-0.15, -0.1) is 0 Å². The van der Waals surface area contributed by atoms with Gasteiger partial charge in [0.1, 0.15) is 12.0 Å². The molecule has 6 rings (SSSR count). The van der Waals surface area contributed by atoms with Crippen LogP contribution in [-0.4, -0.2) is 26.3 Å². The Morgan fingerprint density at radius 2 is 1.97 bits per heavy atom. The van der Waals surface area contributed by atoms with Crippen LogP contribution >= 0.6 is 0 Å². The van der Waals surface area contributed by atoms with E-state index < -0.39 is 36.0 Å². The van der Waals surface area contributed by atoms with Gasteiger partial charge in [-0.1, -0.05) is 12.1 Å². The standard InChI is InChI=1S/C26H16F4N4O/c27-14-8-13(11-31)23-16(5-6-20(28)18(23)9-14)15-3-4-17(24-19(15)10-26(29,30)25(24)35)21-12-32-22-2-1-7-33-34(21)22/h1-4,7-9,12,16,20H,5-6,10H2/t16-,20+/m1/s1. The number of hydrogen-bond acceptors (Lipinski definition) is 4. The minimum Gasteiger partial charge on any atom is -0.287 e. The van der Waals surface area contributed by atoms with Gasteiger partial charge in [0, 0.05) is 29.7 Å². The average Bonchev–Trinajstić information content (AvgIpc) is 3.37. The summed E-state index contributed by atoms with van der Waals surface area (Å²) in [6, 6.07) is 10.6. The first-order valence-corrected chi connectivity index (χ1v) is 11.0. The minimum atomic E-state index is -3.61. The van der Waals surface area contributed by atoms with Crippen LogP contribution in [0.3, 0.4) is 0 Å². The van der Waals surface area contributed by atoms with E-state index in [4.69, 9.17) is 0 Å². The van der Waals surface area contributed by atoms with Crippen LogP contribution in [0.5, 0.6) is 0 Å². The quantitative estimate of drug-likeness (QED) is 0.347. The molecule has 0 aliphatic heterocycles. The van der Waals surface area contributed by atoms with Gasteiger partial charge >= 0.3 is 5.92 Å². The molecule has 2 aliphatic carbocycles. The molecule has 2 heterocycles. The number of Topliss-reactive ketones (excluding diaryl/α,β-unsaturated/α-hetero) is 1. The van der Waals surface area contributed by atoms with E-state index in [9.17, 15) is 27.6 Å². The average molecular weight is 476 g/mol. The number of aromatic nitrogens is 3. The number of ketones is 1. The normalized spacial score (nSPS) is 20.5. The Kier molecular flexibility index (Phi) is 4.58. The van der Waals surface area contributed by atoms with Crippen LogP contribution in [0.2, 0.25) is 0 Å². The Morgan fingerprint density at radius 3 is 2.77 bits per heavy atom. The van der Waals surface area contributed by atoms with Crippen LogP contribution in [0.4, 0.5) is 17.6 Å². The number of imidazole rings is 1. The van der Waals surface area contributed by atoms with E-state index in [1.807, 2.05) is 6.07 Å². The molecule has 0 saturated carbocycles. The summed E-state index contributed by atoms with van der Waals surface area (Å²) in [5.74, 6) is -6.26. The second-order valence-electron chi connectivity index (χ2n) is 8.87. The molecular formula is C26H16F4N4O. The molecule has 2 aromatic heterocycles. The molecule has 4 aromatic rings. The van der Waals surface area contributed by atoms with Crippen molar-refractivity contribution in [3.63, 3.8) is 0 Å². The molecule has 2 aliphatic rings. The molecule has 0 bridgehead atoms. The summed E-state index contributed by atoms with van der Waals surface area (Å²) >= 11 is 0. The molecule has 5 nitrogen and oxygen atoms in total. The predicted molar refractivity (Wildman–Crippen MR) is 117 cm³/mol. The van der Waals surface area contributed by atoms with Crippen LogP contribution in [0.15, 0.2) is 48.8 Å². The number of hydrogen-bond donors (Lipinski definition) is 0. The van der Waals surface area contributed by atoms with Crippen molar-refractivity contribution in [2.45, 2.75) is 37.3 Å². The predicted octanol–water partition coefficient (Wildman–Crippen LogP) is 5.72. The monoisotopic (exact) mass is 476 g/mol. The molecule has 0 N–H and O–H groups in total. The zero-order valence-electron chi connectivity index (χ0n) is 18.1. The number of carbonyl (C=O) groups excluding carboxylic acids is 1. The lowest BCUT2D eigenvalue weighted by molar-refractivity contribution is 0.0167. The molecule has 174 valence electrons. The van der Waals surface area contributed by atoms with Crippen molar-refractivity contribution in [1.82, 2.24) is 14.6 Å². The van der Waals surface area contributed by atoms with Gasteiger partial charge < -0.3 is 0 Å². The zero-order valence-corrected chi connectivity index (χ0v) is 18.1. The topological polar surface area (TPSA) is 71.1 Å². The SMILES string of the molecule is N#Cc1cc(F)cc2c1[C@@H](c1ccc(-c3cnc4cccnn34)c3c1CC(F)(F)C3=O)CC[C@@H]2F. The third-order valence-electron chi connectivity index (χ3n) is 6.93. The first kappa shape index (κ1) is 21.5. The minimum absolute atomic E-state index is 0.0350. The van der Waals surface area contributed by atoms with Gasteiger partial charge in [-0.25, -0.2) is 18.3 Å². The fraction of sp³-hybridized carbons (Fsp3) is 0.231. The lowest BCUT2D eigenvalue weighted by atomic mass is 9.74. The summed E-state index contributed by atoms with van der Waals surface area (Å²) in [4.78, 5) is 17.2. The smallest absolute Gasteiger partial charge is 0.287 e.